The summed E-state index contributed by atoms with van der Waals surface area (Å²) in [6.45, 7) is 4.96. The van der Waals surface area contributed by atoms with Gasteiger partial charge in [0.05, 0.1) is 12.4 Å². The molecule has 0 amide bonds. The van der Waals surface area contributed by atoms with Gasteiger partial charge in [-0.3, -0.25) is 4.68 Å². The lowest BCUT2D eigenvalue weighted by molar-refractivity contribution is 0.322. The van der Waals surface area contributed by atoms with Crippen molar-refractivity contribution in [2.24, 2.45) is 5.16 Å². The van der Waals surface area contributed by atoms with Crippen LogP contribution in [0.5, 0.6) is 0 Å². The molecule has 0 atom stereocenters. The van der Waals surface area contributed by atoms with E-state index in [1.54, 1.807) is 6.20 Å². The van der Waals surface area contributed by atoms with Crippen molar-refractivity contribution >= 4 is 6.21 Å². The standard InChI is InChI=1S/C8H13N3O/c1-3-4-11-7(2)8(5-9-11)6-10-12/h5-6,12H,3-4H2,1-2H3/b10-6-. The van der Waals surface area contributed by atoms with E-state index in [0.717, 1.165) is 24.2 Å². The summed E-state index contributed by atoms with van der Waals surface area (Å²) in [6.07, 6.45) is 4.15. The molecule has 1 aromatic heterocycles. The van der Waals surface area contributed by atoms with Gasteiger partial charge >= 0.3 is 0 Å². The minimum absolute atomic E-state index is 0.867. The van der Waals surface area contributed by atoms with E-state index in [0.29, 0.717) is 0 Å². The fraction of sp³-hybridized carbons (Fsp3) is 0.500. The van der Waals surface area contributed by atoms with E-state index < -0.39 is 0 Å². The van der Waals surface area contributed by atoms with Gasteiger partial charge in [0, 0.05) is 17.8 Å². The summed E-state index contributed by atoms with van der Waals surface area (Å²) < 4.78 is 1.90. The Kier molecular flexibility index (Phi) is 2.85. The van der Waals surface area contributed by atoms with Gasteiger partial charge in [0.25, 0.3) is 0 Å². The molecule has 4 heteroatoms. The fourth-order valence-corrected chi connectivity index (χ4v) is 1.09. The van der Waals surface area contributed by atoms with Gasteiger partial charge in [0.2, 0.25) is 0 Å². The highest BCUT2D eigenvalue weighted by Crippen LogP contribution is 2.04. The molecule has 0 fully saturated rings. The number of rotatable bonds is 3. The molecule has 12 heavy (non-hydrogen) atoms. The molecule has 0 unspecified atom stereocenters. The third kappa shape index (κ3) is 1.64. The molecule has 1 heterocycles. The molecule has 0 aromatic carbocycles. The highest BCUT2D eigenvalue weighted by molar-refractivity contribution is 5.79. The van der Waals surface area contributed by atoms with Crippen LogP contribution in [0.25, 0.3) is 0 Å². The summed E-state index contributed by atoms with van der Waals surface area (Å²) in [4.78, 5) is 0. The second kappa shape index (κ2) is 3.90. The average Bonchev–Trinajstić information content (AvgIpc) is 2.38. The monoisotopic (exact) mass is 167 g/mol. The maximum absolute atomic E-state index is 8.32. The molecule has 0 aliphatic carbocycles. The molecular formula is C8H13N3O. The summed E-state index contributed by atoms with van der Waals surface area (Å²) in [5, 5.41) is 15.4. The van der Waals surface area contributed by atoms with E-state index in [9.17, 15) is 0 Å². The number of oxime groups is 1. The molecule has 1 aromatic rings. The van der Waals surface area contributed by atoms with E-state index in [4.69, 9.17) is 5.21 Å². The van der Waals surface area contributed by atoms with Crippen LogP contribution in [0.4, 0.5) is 0 Å². The molecule has 0 aliphatic rings. The van der Waals surface area contributed by atoms with E-state index >= 15 is 0 Å². The lowest BCUT2D eigenvalue weighted by atomic mass is 10.3. The first kappa shape index (κ1) is 8.77. The van der Waals surface area contributed by atoms with Crippen molar-refractivity contribution in [1.82, 2.24) is 9.78 Å². The molecule has 4 nitrogen and oxygen atoms in total. The van der Waals surface area contributed by atoms with Crippen molar-refractivity contribution in [1.29, 1.82) is 0 Å². The van der Waals surface area contributed by atoms with E-state index in [2.05, 4.69) is 17.2 Å². The van der Waals surface area contributed by atoms with Crippen LogP contribution in [-0.4, -0.2) is 21.2 Å². The van der Waals surface area contributed by atoms with Crippen LogP contribution in [0.3, 0.4) is 0 Å². The Hall–Kier alpha value is -1.32. The number of hydrogen-bond acceptors (Lipinski definition) is 3. The molecular weight excluding hydrogens is 154 g/mol. The normalized spacial score (nSPS) is 11.2. The van der Waals surface area contributed by atoms with Crippen LogP contribution in [0.15, 0.2) is 11.4 Å². The Bertz CT molecular complexity index is 278. The first-order valence-corrected chi connectivity index (χ1v) is 3.99. The second-order valence-electron chi connectivity index (χ2n) is 2.65. The zero-order valence-corrected chi connectivity index (χ0v) is 7.36. The van der Waals surface area contributed by atoms with E-state index in [1.807, 2.05) is 11.6 Å². The molecule has 0 saturated carbocycles. The number of aromatic nitrogens is 2. The van der Waals surface area contributed by atoms with Crippen molar-refractivity contribution in [3.05, 3.63) is 17.5 Å². The van der Waals surface area contributed by atoms with Crippen LogP contribution < -0.4 is 0 Å². The largest absolute Gasteiger partial charge is 0.411 e. The Labute approximate surface area is 71.5 Å². The lowest BCUT2D eigenvalue weighted by Crippen LogP contribution is -2.01. The number of nitrogens with zero attached hydrogens (tertiary/aromatic N) is 3. The third-order valence-electron chi connectivity index (χ3n) is 1.77. The predicted octanol–water partition coefficient (Wildman–Crippen LogP) is 1.41. The minimum Gasteiger partial charge on any atom is -0.411 e. The second-order valence-corrected chi connectivity index (χ2v) is 2.65. The van der Waals surface area contributed by atoms with Gasteiger partial charge in [0.1, 0.15) is 0 Å². The predicted molar refractivity (Wildman–Crippen MR) is 46.6 cm³/mol. The molecule has 1 rings (SSSR count). The van der Waals surface area contributed by atoms with E-state index in [1.165, 1.54) is 6.21 Å². The van der Waals surface area contributed by atoms with Gasteiger partial charge in [-0.2, -0.15) is 5.10 Å². The first-order chi connectivity index (χ1) is 5.79. The Morgan fingerprint density at radius 3 is 3.08 bits per heavy atom. The summed E-state index contributed by atoms with van der Waals surface area (Å²) in [7, 11) is 0. The van der Waals surface area contributed by atoms with Crippen molar-refractivity contribution in [2.45, 2.75) is 26.8 Å². The summed E-state index contributed by atoms with van der Waals surface area (Å²) >= 11 is 0. The van der Waals surface area contributed by atoms with Crippen molar-refractivity contribution in [2.75, 3.05) is 0 Å². The van der Waals surface area contributed by atoms with Gasteiger partial charge in [-0.25, -0.2) is 0 Å². The first-order valence-electron chi connectivity index (χ1n) is 3.99. The fourth-order valence-electron chi connectivity index (χ4n) is 1.09. The molecule has 0 spiro atoms. The minimum atomic E-state index is 0.867. The molecule has 0 aliphatic heterocycles. The Morgan fingerprint density at radius 1 is 1.75 bits per heavy atom. The van der Waals surface area contributed by atoms with Gasteiger partial charge < -0.3 is 5.21 Å². The van der Waals surface area contributed by atoms with Crippen molar-refractivity contribution in [3.63, 3.8) is 0 Å². The third-order valence-corrected chi connectivity index (χ3v) is 1.77. The maximum Gasteiger partial charge on any atom is 0.0768 e. The highest BCUT2D eigenvalue weighted by Gasteiger charge is 2.02. The number of hydrogen-bond donors (Lipinski definition) is 1. The molecule has 0 bridgehead atoms. The zero-order valence-electron chi connectivity index (χ0n) is 7.36. The maximum atomic E-state index is 8.32. The topological polar surface area (TPSA) is 50.4 Å². The summed E-state index contributed by atoms with van der Waals surface area (Å²) in [6, 6.07) is 0. The Morgan fingerprint density at radius 2 is 2.50 bits per heavy atom. The molecule has 1 N–H and O–H groups in total. The van der Waals surface area contributed by atoms with Crippen molar-refractivity contribution < 1.29 is 5.21 Å². The lowest BCUT2D eigenvalue weighted by Gasteiger charge is -2.00. The molecule has 0 radical (unpaired) electrons. The van der Waals surface area contributed by atoms with Crippen LogP contribution in [0, 0.1) is 6.92 Å². The zero-order chi connectivity index (χ0) is 8.97. The van der Waals surface area contributed by atoms with Crippen LogP contribution >= 0.6 is 0 Å². The van der Waals surface area contributed by atoms with Crippen molar-refractivity contribution in [3.8, 4) is 0 Å². The highest BCUT2D eigenvalue weighted by atomic mass is 16.4. The average molecular weight is 167 g/mol. The van der Waals surface area contributed by atoms with Crippen LogP contribution in [0.1, 0.15) is 24.6 Å². The van der Waals surface area contributed by atoms with Gasteiger partial charge in [0.15, 0.2) is 0 Å². The van der Waals surface area contributed by atoms with Crippen LogP contribution in [0.2, 0.25) is 0 Å². The molecule has 0 saturated heterocycles. The van der Waals surface area contributed by atoms with Gasteiger partial charge in [-0.15, -0.1) is 0 Å². The quantitative estimate of drug-likeness (QED) is 0.420. The van der Waals surface area contributed by atoms with Crippen LogP contribution in [-0.2, 0) is 6.54 Å². The van der Waals surface area contributed by atoms with Gasteiger partial charge in [-0.1, -0.05) is 12.1 Å². The summed E-state index contributed by atoms with van der Waals surface area (Å²) in [5.74, 6) is 0. The Balaban J connectivity index is 2.88. The smallest absolute Gasteiger partial charge is 0.0768 e. The van der Waals surface area contributed by atoms with E-state index in [-0.39, 0.29) is 0 Å². The SMILES string of the molecule is CCCn1ncc(/C=N\O)c1C. The van der Waals surface area contributed by atoms with Gasteiger partial charge in [-0.05, 0) is 13.3 Å². The summed E-state index contributed by atoms with van der Waals surface area (Å²) in [5.41, 5.74) is 1.90. The molecule has 66 valence electrons. The number of aryl methyl sites for hydroxylation is 1.